The number of nitrogens with zero attached hydrogens (tertiary/aromatic N) is 1. The molecule has 0 fully saturated rings. The van der Waals surface area contributed by atoms with Crippen molar-refractivity contribution in [1.29, 1.82) is 0 Å². The molecular formula is C60H37NO3. The summed E-state index contributed by atoms with van der Waals surface area (Å²) in [5.41, 5.74) is 17.8. The lowest BCUT2D eigenvalue weighted by Crippen LogP contribution is -2.09. The average molecular weight is 820 g/mol. The molecule has 0 saturated heterocycles. The van der Waals surface area contributed by atoms with E-state index >= 15 is 0 Å². The third-order valence-electron chi connectivity index (χ3n) is 12.7. The van der Waals surface area contributed by atoms with Gasteiger partial charge in [0.2, 0.25) is 0 Å². The molecule has 4 nitrogen and oxygen atoms in total. The molecule has 0 atom stereocenters. The topological polar surface area (TPSA) is 38.8 Å². The van der Waals surface area contributed by atoms with Gasteiger partial charge in [0.15, 0.2) is 0 Å². The molecular weight excluding hydrogens is 783 g/mol. The maximum absolute atomic E-state index is 6.55. The van der Waals surface area contributed by atoms with E-state index in [0.717, 1.165) is 128 Å². The summed E-state index contributed by atoms with van der Waals surface area (Å²) >= 11 is 0. The van der Waals surface area contributed by atoms with Crippen molar-refractivity contribution in [2.24, 2.45) is 0 Å². The van der Waals surface area contributed by atoms with E-state index in [1.807, 2.05) is 36.4 Å². The minimum atomic E-state index is 0.851. The lowest BCUT2D eigenvalue weighted by atomic mass is 9.87. The van der Waals surface area contributed by atoms with Crippen LogP contribution in [0.25, 0.3) is 99.5 Å². The Morgan fingerprint density at radius 2 is 0.641 bits per heavy atom. The Labute approximate surface area is 369 Å². The minimum absolute atomic E-state index is 0.851. The Balaban J connectivity index is 0.924. The predicted molar refractivity (Wildman–Crippen MR) is 263 cm³/mol. The van der Waals surface area contributed by atoms with E-state index < -0.39 is 0 Å². The Morgan fingerprint density at radius 1 is 0.266 bits per heavy atom. The van der Waals surface area contributed by atoms with Crippen LogP contribution in [0.3, 0.4) is 0 Å². The van der Waals surface area contributed by atoms with Gasteiger partial charge >= 0.3 is 0 Å². The Hall–Kier alpha value is -8.60. The van der Waals surface area contributed by atoms with Crippen molar-refractivity contribution in [2.45, 2.75) is 0 Å². The van der Waals surface area contributed by atoms with Gasteiger partial charge in [-0.05, 0) is 88.5 Å². The van der Waals surface area contributed by atoms with E-state index in [1.54, 1.807) is 0 Å². The van der Waals surface area contributed by atoms with Gasteiger partial charge in [-0.15, -0.1) is 0 Å². The summed E-state index contributed by atoms with van der Waals surface area (Å²) in [4.78, 5) is 2.33. The van der Waals surface area contributed by atoms with Gasteiger partial charge < -0.3 is 18.5 Å². The predicted octanol–water partition coefficient (Wildman–Crippen LogP) is 17.4. The van der Waals surface area contributed by atoms with E-state index in [9.17, 15) is 0 Å². The second kappa shape index (κ2) is 14.5. The molecule has 1 aliphatic rings. The molecule has 0 amide bonds. The van der Waals surface area contributed by atoms with Gasteiger partial charge in [-0.3, -0.25) is 0 Å². The standard InChI is InChI=1S/C60H37NO3/c1-5-22-54-47(12-1)50-19-9-16-44(58(50)53-15-4-8-25-57(53)62-54)38-26-32-41(33-27-38)61(42-34-28-39(29-35-42)45-17-10-20-51-48-13-2-6-23-55(48)63-59(45)51)43-36-30-40(31-37-43)46-18-11-21-52-49-14-3-7-24-56(49)64-60(46)52/h1-37H. The summed E-state index contributed by atoms with van der Waals surface area (Å²) in [7, 11) is 0. The number of fused-ring (bicyclic) bond motifs is 11. The summed E-state index contributed by atoms with van der Waals surface area (Å²) in [6.07, 6.45) is 0. The van der Waals surface area contributed by atoms with Gasteiger partial charge in [0.25, 0.3) is 0 Å². The van der Waals surface area contributed by atoms with Gasteiger partial charge in [0.1, 0.15) is 33.8 Å². The first-order valence-corrected chi connectivity index (χ1v) is 21.7. The van der Waals surface area contributed by atoms with E-state index in [0.29, 0.717) is 0 Å². The van der Waals surface area contributed by atoms with Crippen LogP contribution >= 0.6 is 0 Å². The van der Waals surface area contributed by atoms with Crippen LogP contribution in [0.1, 0.15) is 0 Å². The van der Waals surface area contributed by atoms with Crippen LogP contribution in [-0.4, -0.2) is 0 Å². The molecule has 300 valence electrons. The molecule has 0 aliphatic carbocycles. The van der Waals surface area contributed by atoms with E-state index in [-0.39, 0.29) is 0 Å². The minimum Gasteiger partial charge on any atom is -0.456 e. The van der Waals surface area contributed by atoms with Crippen LogP contribution in [0.5, 0.6) is 11.5 Å². The molecule has 0 N–H and O–H groups in total. The fourth-order valence-electron chi connectivity index (χ4n) is 9.73. The van der Waals surface area contributed by atoms with Crippen LogP contribution < -0.4 is 9.64 Å². The zero-order chi connectivity index (χ0) is 42.1. The van der Waals surface area contributed by atoms with Crippen molar-refractivity contribution >= 4 is 60.9 Å². The second-order valence-electron chi connectivity index (χ2n) is 16.4. The fourth-order valence-corrected chi connectivity index (χ4v) is 9.73. The Bertz CT molecular complexity index is 3590. The number of hydrogen-bond donors (Lipinski definition) is 0. The van der Waals surface area contributed by atoms with Gasteiger partial charge in [-0.2, -0.15) is 0 Å². The summed E-state index contributed by atoms with van der Waals surface area (Å²) in [5.74, 6) is 1.71. The highest BCUT2D eigenvalue weighted by Gasteiger charge is 2.24. The number of rotatable bonds is 6. The SMILES string of the molecule is c1ccc2c(c1)Oc1ccccc1-c1c(-c3ccc(N(c4ccc(-c5cccc6c5oc5ccccc56)cc4)c4ccc(-c5cccc6c5oc5ccccc56)cc4)cc3)cccc1-2. The average Bonchev–Trinajstić information content (AvgIpc) is 3.90. The van der Waals surface area contributed by atoms with Gasteiger partial charge in [0.05, 0.1) is 0 Å². The lowest BCUT2D eigenvalue weighted by molar-refractivity contribution is 0.488. The molecule has 64 heavy (non-hydrogen) atoms. The fraction of sp³-hybridized carbons (Fsp3) is 0. The van der Waals surface area contributed by atoms with Gasteiger partial charge in [0, 0.05) is 66.4 Å². The summed E-state index contributed by atoms with van der Waals surface area (Å²) in [6.45, 7) is 0. The number of para-hydroxylation sites is 6. The van der Waals surface area contributed by atoms with Crippen LogP contribution in [0.15, 0.2) is 233 Å². The van der Waals surface area contributed by atoms with Gasteiger partial charge in [-0.1, -0.05) is 164 Å². The van der Waals surface area contributed by atoms with Crippen molar-refractivity contribution < 1.29 is 13.6 Å². The summed E-state index contributed by atoms with van der Waals surface area (Å²) in [6, 6.07) is 79.1. The Morgan fingerprint density at radius 3 is 1.19 bits per heavy atom. The molecule has 0 radical (unpaired) electrons. The highest BCUT2D eigenvalue weighted by molar-refractivity contribution is 6.11. The second-order valence-corrected chi connectivity index (χ2v) is 16.4. The van der Waals surface area contributed by atoms with Crippen molar-refractivity contribution in [3.8, 4) is 67.1 Å². The number of furan rings is 2. The normalized spacial score (nSPS) is 11.9. The van der Waals surface area contributed by atoms with Crippen molar-refractivity contribution in [2.75, 3.05) is 4.90 Å². The third-order valence-corrected chi connectivity index (χ3v) is 12.7. The Kier molecular flexibility index (Phi) is 8.18. The molecule has 4 heteroatoms. The summed E-state index contributed by atoms with van der Waals surface area (Å²) in [5, 5.41) is 4.49. The zero-order valence-corrected chi connectivity index (χ0v) is 34.5. The van der Waals surface area contributed by atoms with Gasteiger partial charge in [-0.25, -0.2) is 0 Å². The third kappa shape index (κ3) is 5.77. The van der Waals surface area contributed by atoms with E-state index in [2.05, 4.69) is 193 Å². The van der Waals surface area contributed by atoms with Crippen LogP contribution in [0.2, 0.25) is 0 Å². The largest absolute Gasteiger partial charge is 0.456 e. The van der Waals surface area contributed by atoms with Crippen LogP contribution in [0, 0.1) is 0 Å². The van der Waals surface area contributed by atoms with E-state index in [4.69, 9.17) is 13.6 Å². The molecule has 1 aliphatic heterocycles. The maximum Gasteiger partial charge on any atom is 0.143 e. The first kappa shape index (κ1) is 36.1. The number of benzene rings is 10. The number of ether oxygens (including phenoxy) is 1. The molecule has 0 unspecified atom stereocenters. The molecule has 13 rings (SSSR count). The van der Waals surface area contributed by atoms with Crippen LogP contribution in [0.4, 0.5) is 17.1 Å². The maximum atomic E-state index is 6.55. The highest BCUT2D eigenvalue weighted by Crippen LogP contribution is 2.50. The number of hydrogen-bond acceptors (Lipinski definition) is 4. The molecule has 10 aromatic carbocycles. The van der Waals surface area contributed by atoms with Crippen molar-refractivity contribution in [1.82, 2.24) is 0 Å². The zero-order valence-electron chi connectivity index (χ0n) is 34.5. The van der Waals surface area contributed by atoms with Crippen molar-refractivity contribution in [3.63, 3.8) is 0 Å². The first-order valence-electron chi connectivity index (χ1n) is 21.7. The smallest absolute Gasteiger partial charge is 0.143 e. The molecule has 0 spiro atoms. The monoisotopic (exact) mass is 819 g/mol. The van der Waals surface area contributed by atoms with Crippen molar-refractivity contribution in [3.05, 3.63) is 224 Å². The molecule has 3 heterocycles. The molecule has 12 aromatic rings. The lowest BCUT2D eigenvalue weighted by Gasteiger charge is -2.26. The molecule has 0 saturated carbocycles. The quantitative estimate of drug-likeness (QED) is 0.167. The van der Waals surface area contributed by atoms with Crippen LogP contribution in [-0.2, 0) is 0 Å². The van der Waals surface area contributed by atoms with E-state index in [1.165, 1.54) is 0 Å². The molecule has 2 aromatic heterocycles. The highest BCUT2D eigenvalue weighted by atomic mass is 16.5. The molecule has 0 bridgehead atoms. The number of anilines is 3. The summed E-state index contributed by atoms with van der Waals surface area (Å²) < 4.78 is 19.4. The first-order chi connectivity index (χ1) is 31.7.